The monoisotopic (exact) mass is 322 g/mol. The summed E-state index contributed by atoms with van der Waals surface area (Å²) >= 11 is 6.10. The highest BCUT2D eigenvalue weighted by atomic mass is 35.5. The van der Waals surface area contributed by atoms with Gasteiger partial charge in [0.1, 0.15) is 0 Å². The molecule has 0 aliphatic carbocycles. The van der Waals surface area contributed by atoms with E-state index in [1.165, 1.54) is 0 Å². The Morgan fingerprint density at radius 2 is 1.91 bits per heavy atom. The van der Waals surface area contributed by atoms with E-state index in [9.17, 15) is 9.59 Å². The third-order valence-electron chi connectivity index (χ3n) is 4.62. The van der Waals surface area contributed by atoms with E-state index in [1.807, 2.05) is 23.1 Å². The van der Waals surface area contributed by atoms with Crippen LogP contribution in [0.5, 0.6) is 0 Å². The lowest BCUT2D eigenvalue weighted by Gasteiger charge is -2.39. The summed E-state index contributed by atoms with van der Waals surface area (Å²) in [6.45, 7) is 3.23. The molecule has 0 bridgehead atoms. The third-order valence-corrected chi connectivity index (χ3v) is 4.99. The Labute approximate surface area is 136 Å². The fraction of sp³-hybridized carbons (Fsp3) is 0.529. The van der Waals surface area contributed by atoms with Crippen molar-refractivity contribution in [3.63, 3.8) is 0 Å². The van der Waals surface area contributed by atoms with Crippen LogP contribution >= 0.6 is 11.6 Å². The van der Waals surface area contributed by atoms with Gasteiger partial charge in [0.2, 0.25) is 11.8 Å². The highest BCUT2D eigenvalue weighted by Gasteiger charge is 2.39. The zero-order valence-electron chi connectivity index (χ0n) is 13.0. The van der Waals surface area contributed by atoms with E-state index < -0.39 is 5.41 Å². The van der Waals surface area contributed by atoms with Crippen LogP contribution in [-0.4, -0.2) is 29.8 Å². The number of amides is 2. The number of benzene rings is 1. The summed E-state index contributed by atoms with van der Waals surface area (Å²) in [6, 6.07) is 7.39. The van der Waals surface area contributed by atoms with Crippen molar-refractivity contribution in [1.29, 1.82) is 0 Å². The molecule has 1 heterocycles. The predicted molar refractivity (Wildman–Crippen MR) is 87.5 cm³/mol. The van der Waals surface area contributed by atoms with Gasteiger partial charge >= 0.3 is 0 Å². The number of hydrogen-bond acceptors (Lipinski definition) is 2. The van der Waals surface area contributed by atoms with Gasteiger partial charge < -0.3 is 10.6 Å². The van der Waals surface area contributed by atoms with Gasteiger partial charge in [-0.3, -0.25) is 9.59 Å². The molecular weight excluding hydrogens is 300 g/mol. The topological polar surface area (TPSA) is 63.4 Å². The van der Waals surface area contributed by atoms with Crippen LogP contribution in [-0.2, 0) is 16.0 Å². The van der Waals surface area contributed by atoms with Crippen LogP contribution in [0.2, 0.25) is 5.02 Å². The van der Waals surface area contributed by atoms with Crippen LogP contribution < -0.4 is 5.73 Å². The van der Waals surface area contributed by atoms with Gasteiger partial charge in [0.25, 0.3) is 0 Å². The normalized spacial score (nSPS) is 17.3. The van der Waals surface area contributed by atoms with Crippen molar-refractivity contribution in [2.75, 3.05) is 13.1 Å². The summed E-state index contributed by atoms with van der Waals surface area (Å²) in [7, 11) is 0. The summed E-state index contributed by atoms with van der Waals surface area (Å²) < 4.78 is 0. The number of piperidine rings is 1. The summed E-state index contributed by atoms with van der Waals surface area (Å²) in [5.41, 5.74) is 6.00. The van der Waals surface area contributed by atoms with E-state index in [4.69, 9.17) is 17.3 Å². The van der Waals surface area contributed by atoms with E-state index >= 15 is 0 Å². The van der Waals surface area contributed by atoms with Gasteiger partial charge in [-0.15, -0.1) is 0 Å². The molecule has 1 aromatic carbocycles. The molecule has 0 aromatic heterocycles. The Morgan fingerprint density at radius 3 is 2.45 bits per heavy atom. The number of halogens is 1. The minimum Gasteiger partial charge on any atom is -0.369 e. The Bertz CT molecular complexity index is 551. The highest BCUT2D eigenvalue weighted by molar-refractivity contribution is 6.31. The van der Waals surface area contributed by atoms with Crippen molar-refractivity contribution >= 4 is 23.4 Å². The lowest BCUT2D eigenvalue weighted by molar-refractivity contribution is -0.138. The van der Waals surface area contributed by atoms with E-state index in [2.05, 4.69) is 6.92 Å². The molecule has 0 spiro atoms. The predicted octanol–water partition coefficient (Wildman–Crippen LogP) is 2.78. The first-order valence-electron chi connectivity index (χ1n) is 7.79. The number of hydrogen-bond donors (Lipinski definition) is 1. The average Bonchev–Trinajstić information content (AvgIpc) is 2.50. The largest absolute Gasteiger partial charge is 0.369 e. The Hall–Kier alpha value is -1.55. The van der Waals surface area contributed by atoms with Gasteiger partial charge in [-0.25, -0.2) is 0 Å². The van der Waals surface area contributed by atoms with Crippen LogP contribution in [0.25, 0.3) is 0 Å². The third kappa shape index (κ3) is 3.61. The van der Waals surface area contributed by atoms with Gasteiger partial charge in [-0.1, -0.05) is 43.1 Å². The number of carbonyl (C=O) groups excluding carboxylic acids is 2. The summed E-state index contributed by atoms with van der Waals surface area (Å²) in [5, 5.41) is 0.616. The number of carbonyl (C=O) groups is 2. The Balaban J connectivity index is 1.98. The van der Waals surface area contributed by atoms with Gasteiger partial charge in [0, 0.05) is 18.1 Å². The van der Waals surface area contributed by atoms with E-state index in [1.54, 1.807) is 6.07 Å². The second-order valence-corrected chi connectivity index (χ2v) is 6.45. The molecule has 4 nitrogen and oxygen atoms in total. The maximum absolute atomic E-state index is 12.4. The smallest absolute Gasteiger partial charge is 0.227 e. The molecule has 1 aromatic rings. The van der Waals surface area contributed by atoms with Gasteiger partial charge in [-0.05, 0) is 30.9 Å². The SMILES string of the molecule is CCCC1(C(N)=O)CCN(C(=O)Cc2ccccc2Cl)CC1. The Kier molecular flexibility index (Phi) is 5.46. The minimum atomic E-state index is -0.435. The second-order valence-electron chi connectivity index (χ2n) is 6.04. The standard InChI is InChI=1S/C17H23ClN2O2/c1-2-7-17(16(19)22)8-10-20(11-9-17)15(21)12-13-5-3-4-6-14(13)18/h3-6H,2,7-12H2,1H3,(H2,19,22). The molecule has 1 fully saturated rings. The molecule has 2 rings (SSSR count). The van der Waals surface area contributed by atoms with Crippen LogP contribution in [0.3, 0.4) is 0 Å². The number of primary amides is 1. The second kappa shape index (κ2) is 7.14. The molecule has 0 atom stereocenters. The summed E-state index contributed by atoms with van der Waals surface area (Å²) in [6.07, 6.45) is 3.34. The summed E-state index contributed by atoms with van der Waals surface area (Å²) in [4.78, 5) is 26.0. The number of nitrogens with zero attached hydrogens (tertiary/aromatic N) is 1. The Morgan fingerprint density at radius 1 is 1.27 bits per heavy atom. The van der Waals surface area contributed by atoms with Crippen molar-refractivity contribution < 1.29 is 9.59 Å². The zero-order chi connectivity index (χ0) is 16.2. The molecule has 0 unspecified atom stereocenters. The van der Waals surface area contributed by atoms with Crippen LogP contribution in [0.15, 0.2) is 24.3 Å². The van der Waals surface area contributed by atoms with E-state index in [0.717, 1.165) is 18.4 Å². The van der Waals surface area contributed by atoms with Crippen LogP contribution in [0, 0.1) is 5.41 Å². The fourth-order valence-electron chi connectivity index (χ4n) is 3.20. The lowest BCUT2D eigenvalue weighted by Crippen LogP contribution is -2.49. The molecule has 0 radical (unpaired) electrons. The van der Waals surface area contributed by atoms with E-state index in [0.29, 0.717) is 37.4 Å². The maximum atomic E-state index is 12.4. The van der Waals surface area contributed by atoms with Gasteiger partial charge in [-0.2, -0.15) is 0 Å². The first-order chi connectivity index (χ1) is 10.5. The molecule has 22 heavy (non-hydrogen) atoms. The molecule has 2 amide bonds. The average molecular weight is 323 g/mol. The first-order valence-corrected chi connectivity index (χ1v) is 8.17. The molecular formula is C17H23ClN2O2. The maximum Gasteiger partial charge on any atom is 0.227 e. The van der Waals surface area contributed by atoms with Crippen LogP contribution in [0.4, 0.5) is 0 Å². The number of nitrogens with two attached hydrogens (primary N) is 1. The van der Waals surface area contributed by atoms with E-state index in [-0.39, 0.29) is 11.8 Å². The van der Waals surface area contributed by atoms with Crippen molar-refractivity contribution in [1.82, 2.24) is 4.90 Å². The molecule has 1 aliphatic rings. The van der Waals surface area contributed by atoms with Crippen molar-refractivity contribution in [3.05, 3.63) is 34.9 Å². The molecule has 2 N–H and O–H groups in total. The molecule has 1 saturated heterocycles. The number of likely N-dealkylation sites (tertiary alicyclic amines) is 1. The first kappa shape index (κ1) is 16.8. The van der Waals surface area contributed by atoms with Gasteiger partial charge in [0.05, 0.1) is 11.8 Å². The number of rotatable bonds is 5. The molecule has 120 valence electrons. The molecule has 0 saturated carbocycles. The quantitative estimate of drug-likeness (QED) is 0.906. The van der Waals surface area contributed by atoms with Crippen LogP contribution in [0.1, 0.15) is 38.2 Å². The summed E-state index contributed by atoms with van der Waals surface area (Å²) in [5.74, 6) is -0.171. The highest BCUT2D eigenvalue weighted by Crippen LogP contribution is 2.36. The lowest BCUT2D eigenvalue weighted by atomic mass is 9.74. The van der Waals surface area contributed by atoms with Crippen molar-refractivity contribution in [2.45, 2.75) is 39.0 Å². The van der Waals surface area contributed by atoms with Crippen molar-refractivity contribution in [3.8, 4) is 0 Å². The van der Waals surface area contributed by atoms with Crippen molar-refractivity contribution in [2.24, 2.45) is 11.1 Å². The van der Waals surface area contributed by atoms with Gasteiger partial charge in [0.15, 0.2) is 0 Å². The molecule has 1 aliphatic heterocycles. The molecule has 5 heteroatoms. The zero-order valence-corrected chi connectivity index (χ0v) is 13.7. The fourth-order valence-corrected chi connectivity index (χ4v) is 3.40. The minimum absolute atomic E-state index is 0.0580.